The third kappa shape index (κ3) is 3.32. The monoisotopic (exact) mass is 310 g/mol. The summed E-state index contributed by atoms with van der Waals surface area (Å²) >= 11 is 0. The Kier molecular flexibility index (Phi) is 3.75. The summed E-state index contributed by atoms with van der Waals surface area (Å²) in [6.45, 7) is 3.79. The molecule has 0 aliphatic carbocycles. The molecule has 0 N–H and O–H groups in total. The van der Waals surface area contributed by atoms with Gasteiger partial charge in [-0.05, 0) is 32.0 Å². The van der Waals surface area contributed by atoms with E-state index in [9.17, 15) is 9.18 Å². The predicted octanol–water partition coefficient (Wildman–Crippen LogP) is 3.36. The van der Waals surface area contributed by atoms with Crippen molar-refractivity contribution in [3.8, 4) is 11.8 Å². The highest BCUT2D eigenvalue weighted by molar-refractivity contribution is 5.89. The molecule has 1 aromatic heterocycles. The molecule has 0 spiro atoms. The van der Waals surface area contributed by atoms with E-state index >= 15 is 0 Å². The van der Waals surface area contributed by atoms with Crippen LogP contribution in [0.1, 0.15) is 25.0 Å². The Bertz CT molecular complexity index is 807. The second-order valence-electron chi connectivity index (χ2n) is 5.86. The topological polar surface area (TPSA) is 42.4 Å². The highest BCUT2D eigenvalue weighted by Crippen LogP contribution is 2.27. The molecule has 2 aromatic rings. The van der Waals surface area contributed by atoms with Gasteiger partial charge in [0.05, 0.1) is 6.54 Å². The molecule has 4 nitrogen and oxygen atoms in total. The van der Waals surface area contributed by atoms with Gasteiger partial charge >= 0.3 is 6.09 Å². The second kappa shape index (κ2) is 5.73. The molecule has 1 aliphatic rings. The van der Waals surface area contributed by atoms with Gasteiger partial charge in [0.25, 0.3) is 0 Å². The molecule has 1 aliphatic heterocycles. The molecule has 0 radical (unpaired) electrons. The highest BCUT2D eigenvalue weighted by atomic mass is 19.1. The first kappa shape index (κ1) is 15.0. The van der Waals surface area contributed by atoms with Gasteiger partial charge in [0, 0.05) is 17.3 Å². The van der Waals surface area contributed by atoms with Gasteiger partial charge in [0.2, 0.25) is 0 Å². The number of benzene rings is 1. The number of rotatable bonds is 1. The molecule has 116 valence electrons. The predicted molar refractivity (Wildman–Crippen MR) is 84.5 cm³/mol. The van der Waals surface area contributed by atoms with E-state index in [-0.39, 0.29) is 12.4 Å². The fourth-order valence-corrected chi connectivity index (χ4v) is 2.29. The zero-order valence-corrected chi connectivity index (χ0v) is 12.8. The van der Waals surface area contributed by atoms with Gasteiger partial charge in [0.1, 0.15) is 5.60 Å². The van der Waals surface area contributed by atoms with Gasteiger partial charge in [-0.1, -0.05) is 30.0 Å². The van der Waals surface area contributed by atoms with Crippen LogP contribution in [0.4, 0.5) is 15.0 Å². The summed E-state index contributed by atoms with van der Waals surface area (Å²) < 4.78 is 19.4. The molecule has 1 fully saturated rings. The molecule has 5 heteroatoms. The van der Waals surface area contributed by atoms with Crippen LogP contribution in [0.15, 0.2) is 42.6 Å². The summed E-state index contributed by atoms with van der Waals surface area (Å²) in [5, 5.41) is 0. The average molecular weight is 310 g/mol. The number of hydrogen-bond donors (Lipinski definition) is 0. The van der Waals surface area contributed by atoms with Crippen molar-refractivity contribution in [2.75, 3.05) is 11.4 Å². The Morgan fingerprint density at radius 1 is 1.22 bits per heavy atom. The number of nitrogens with zero attached hydrogens (tertiary/aromatic N) is 2. The molecule has 0 unspecified atom stereocenters. The van der Waals surface area contributed by atoms with Crippen LogP contribution >= 0.6 is 0 Å². The maximum atomic E-state index is 14.3. The van der Waals surface area contributed by atoms with Crippen molar-refractivity contribution in [1.29, 1.82) is 0 Å². The number of carbonyl (C=O) groups is 1. The number of halogens is 1. The van der Waals surface area contributed by atoms with E-state index in [1.807, 2.05) is 30.3 Å². The molecule has 0 atom stereocenters. The minimum atomic E-state index is -0.656. The maximum Gasteiger partial charge on any atom is 0.416 e. The van der Waals surface area contributed by atoms with Gasteiger partial charge in [-0.25, -0.2) is 14.2 Å². The van der Waals surface area contributed by atoms with Crippen LogP contribution in [0.5, 0.6) is 0 Å². The number of pyridine rings is 1. The highest BCUT2D eigenvalue weighted by Gasteiger charge is 2.40. The van der Waals surface area contributed by atoms with E-state index < -0.39 is 17.5 Å². The van der Waals surface area contributed by atoms with Crippen molar-refractivity contribution in [1.82, 2.24) is 4.98 Å². The lowest BCUT2D eigenvalue weighted by molar-refractivity contribution is 0.0871. The van der Waals surface area contributed by atoms with E-state index in [0.29, 0.717) is 5.56 Å². The number of hydrogen-bond acceptors (Lipinski definition) is 3. The van der Waals surface area contributed by atoms with Crippen LogP contribution in [-0.2, 0) is 4.74 Å². The largest absolute Gasteiger partial charge is 0.441 e. The lowest BCUT2D eigenvalue weighted by Gasteiger charge is -2.15. The van der Waals surface area contributed by atoms with Gasteiger partial charge in [-0.15, -0.1) is 0 Å². The lowest BCUT2D eigenvalue weighted by atomic mass is 10.1. The van der Waals surface area contributed by atoms with Crippen molar-refractivity contribution in [2.24, 2.45) is 0 Å². The zero-order chi connectivity index (χ0) is 16.4. The Morgan fingerprint density at radius 2 is 1.91 bits per heavy atom. The number of ether oxygens (including phenoxy) is 1. The number of amides is 1. The third-order valence-corrected chi connectivity index (χ3v) is 3.33. The first-order chi connectivity index (χ1) is 10.9. The summed E-state index contributed by atoms with van der Waals surface area (Å²) in [6.07, 6.45) is 0.858. The molecular formula is C18H15FN2O2. The zero-order valence-electron chi connectivity index (χ0n) is 12.8. The van der Waals surface area contributed by atoms with E-state index in [4.69, 9.17) is 4.74 Å². The van der Waals surface area contributed by atoms with Crippen LogP contribution in [0.25, 0.3) is 0 Å². The third-order valence-electron chi connectivity index (χ3n) is 3.33. The van der Waals surface area contributed by atoms with Crippen molar-refractivity contribution >= 4 is 11.9 Å². The second-order valence-corrected chi connectivity index (χ2v) is 5.86. The summed E-state index contributed by atoms with van der Waals surface area (Å²) in [6, 6.07) is 10.7. The summed E-state index contributed by atoms with van der Waals surface area (Å²) in [7, 11) is 0. The molecule has 2 heterocycles. The molecule has 23 heavy (non-hydrogen) atoms. The smallest absolute Gasteiger partial charge is 0.416 e. The maximum absolute atomic E-state index is 14.3. The Balaban J connectivity index is 1.85. The molecule has 0 saturated carbocycles. The first-order valence-electron chi connectivity index (χ1n) is 7.18. The van der Waals surface area contributed by atoms with E-state index in [1.54, 1.807) is 13.8 Å². The van der Waals surface area contributed by atoms with Crippen LogP contribution in [-0.4, -0.2) is 23.2 Å². The Morgan fingerprint density at radius 3 is 2.52 bits per heavy atom. The summed E-state index contributed by atoms with van der Waals surface area (Å²) in [5.41, 5.74) is 0.626. The van der Waals surface area contributed by atoms with Gasteiger partial charge in [-0.3, -0.25) is 4.90 Å². The average Bonchev–Trinajstić information content (AvgIpc) is 2.79. The number of cyclic esters (lactones) is 1. The Labute approximate surface area is 133 Å². The van der Waals surface area contributed by atoms with E-state index in [0.717, 1.165) is 5.56 Å². The minimum absolute atomic E-state index is 0.0363. The summed E-state index contributed by atoms with van der Waals surface area (Å²) in [5.74, 6) is 5.16. The van der Waals surface area contributed by atoms with E-state index in [1.165, 1.54) is 17.2 Å². The van der Waals surface area contributed by atoms with Crippen molar-refractivity contribution in [2.45, 2.75) is 19.4 Å². The van der Waals surface area contributed by atoms with E-state index in [2.05, 4.69) is 16.8 Å². The van der Waals surface area contributed by atoms with Crippen LogP contribution in [0.2, 0.25) is 0 Å². The molecule has 1 amide bonds. The number of aromatic nitrogens is 1. The fraction of sp³-hybridized carbons (Fsp3) is 0.222. The standard InChI is InChI=1S/C18H15FN2O2/c1-18(2)12-21(17(22)23-18)16-15(19)10-14(11-20-16)9-8-13-6-4-3-5-7-13/h3-7,10-11H,12H2,1-2H3. The van der Waals surface area contributed by atoms with Crippen LogP contribution in [0.3, 0.4) is 0 Å². The number of carbonyl (C=O) groups excluding carboxylic acids is 1. The quantitative estimate of drug-likeness (QED) is 0.759. The van der Waals surface area contributed by atoms with Gasteiger partial charge in [0.15, 0.2) is 11.6 Å². The molecular weight excluding hydrogens is 295 g/mol. The number of anilines is 1. The van der Waals surface area contributed by atoms with Crippen LogP contribution < -0.4 is 4.90 Å². The first-order valence-corrected chi connectivity index (χ1v) is 7.18. The molecule has 1 aromatic carbocycles. The molecule has 3 rings (SSSR count). The van der Waals surface area contributed by atoms with Gasteiger partial charge in [-0.2, -0.15) is 0 Å². The molecule has 1 saturated heterocycles. The summed E-state index contributed by atoms with van der Waals surface area (Å²) in [4.78, 5) is 17.0. The van der Waals surface area contributed by atoms with Crippen molar-refractivity contribution in [3.05, 3.63) is 59.5 Å². The Hall–Kier alpha value is -2.87. The molecule has 0 bridgehead atoms. The normalized spacial score (nSPS) is 15.8. The fourth-order valence-electron chi connectivity index (χ4n) is 2.29. The van der Waals surface area contributed by atoms with Crippen LogP contribution in [0, 0.1) is 17.7 Å². The van der Waals surface area contributed by atoms with Gasteiger partial charge < -0.3 is 4.74 Å². The van der Waals surface area contributed by atoms with Crippen molar-refractivity contribution < 1.29 is 13.9 Å². The van der Waals surface area contributed by atoms with Crippen molar-refractivity contribution in [3.63, 3.8) is 0 Å². The SMILES string of the molecule is CC1(C)CN(c2ncc(C#Cc3ccccc3)cc2F)C(=O)O1. The minimum Gasteiger partial charge on any atom is -0.441 e. The lowest BCUT2D eigenvalue weighted by Crippen LogP contribution is -2.29.